The molecule has 6 nitrogen and oxygen atoms in total. The van der Waals surface area contributed by atoms with E-state index in [1.54, 1.807) is 6.92 Å². The Bertz CT molecular complexity index is 705. The second-order valence-electron chi connectivity index (χ2n) is 9.92. The standard InChI is InChI=1S/C23H36N4O2.C2H6/c1-16(2)22-24-12-20(13-25-22)26-8-9-27(21(14-26)15-28)19-10-23(11-19)6-4-18(5-7-23)17(3)29;1-2/h12-13,16,18-19,21,28H,4-11,14-15H2,1-3H3;1-2H3. The molecule has 1 aromatic heterocycles. The zero-order valence-electron chi connectivity index (χ0n) is 20.2. The lowest BCUT2D eigenvalue weighted by atomic mass is 9.56. The maximum Gasteiger partial charge on any atom is 0.132 e. The smallest absolute Gasteiger partial charge is 0.132 e. The molecule has 0 aromatic carbocycles. The molecule has 0 bridgehead atoms. The van der Waals surface area contributed by atoms with Crippen molar-refractivity contribution in [3.63, 3.8) is 0 Å². The summed E-state index contributed by atoms with van der Waals surface area (Å²) in [6.07, 6.45) is 10.9. The number of aliphatic hydroxyl groups is 1. The predicted octanol–water partition coefficient (Wildman–Crippen LogP) is 4.04. The van der Waals surface area contributed by atoms with E-state index in [9.17, 15) is 9.90 Å². The van der Waals surface area contributed by atoms with Gasteiger partial charge in [-0.25, -0.2) is 9.97 Å². The third-order valence-corrected chi connectivity index (χ3v) is 7.71. The number of rotatable bonds is 5. The second kappa shape index (κ2) is 10.4. The van der Waals surface area contributed by atoms with Gasteiger partial charge in [-0.1, -0.05) is 27.7 Å². The Labute approximate surface area is 188 Å². The predicted molar refractivity (Wildman–Crippen MR) is 125 cm³/mol. The molecule has 0 radical (unpaired) electrons. The number of aromatic nitrogens is 2. The van der Waals surface area contributed by atoms with Crippen molar-refractivity contribution in [3.8, 4) is 0 Å². The average molecular weight is 431 g/mol. The number of aliphatic hydroxyl groups excluding tert-OH is 1. The van der Waals surface area contributed by atoms with Crippen LogP contribution < -0.4 is 4.90 Å². The molecule has 1 N–H and O–H groups in total. The van der Waals surface area contributed by atoms with E-state index in [1.807, 2.05) is 26.2 Å². The van der Waals surface area contributed by atoms with Crippen LogP contribution >= 0.6 is 0 Å². The molecule has 2 heterocycles. The number of piperazine rings is 1. The number of hydrogen-bond donors (Lipinski definition) is 1. The summed E-state index contributed by atoms with van der Waals surface area (Å²) in [6, 6.07) is 0.757. The van der Waals surface area contributed by atoms with Gasteiger partial charge in [0.25, 0.3) is 0 Å². The molecule has 174 valence electrons. The minimum absolute atomic E-state index is 0.171. The van der Waals surface area contributed by atoms with Crippen LogP contribution in [0.5, 0.6) is 0 Å². The van der Waals surface area contributed by atoms with Gasteiger partial charge < -0.3 is 10.0 Å². The molecule has 6 heteroatoms. The molecule has 4 rings (SSSR count). The van der Waals surface area contributed by atoms with Crippen LogP contribution in [0, 0.1) is 11.3 Å². The fourth-order valence-electron chi connectivity index (χ4n) is 5.76. The molecule has 3 aliphatic rings. The minimum atomic E-state index is 0.171. The van der Waals surface area contributed by atoms with Crippen molar-refractivity contribution in [2.75, 3.05) is 31.1 Å². The first-order valence-electron chi connectivity index (χ1n) is 12.3. The maximum atomic E-state index is 11.7. The number of carbonyl (C=O) groups is 1. The normalized spacial score (nSPS) is 31.2. The molecular weight excluding hydrogens is 388 g/mol. The zero-order valence-corrected chi connectivity index (χ0v) is 20.2. The molecule has 0 amide bonds. The lowest BCUT2D eigenvalue weighted by Gasteiger charge is -2.57. The van der Waals surface area contributed by atoms with Crippen LogP contribution in [0.25, 0.3) is 0 Å². The van der Waals surface area contributed by atoms with Crippen LogP contribution in [-0.4, -0.2) is 64.1 Å². The molecule has 2 saturated carbocycles. The summed E-state index contributed by atoms with van der Waals surface area (Å²) >= 11 is 0. The van der Waals surface area contributed by atoms with E-state index in [1.165, 1.54) is 25.7 Å². The van der Waals surface area contributed by atoms with Crippen LogP contribution in [0.15, 0.2) is 12.4 Å². The molecule has 1 saturated heterocycles. The van der Waals surface area contributed by atoms with Crippen molar-refractivity contribution in [3.05, 3.63) is 18.2 Å². The third kappa shape index (κ3) is 5.28. The summed E-state index contributed by atoms with van der Waals surface area (Å²) in [7, 11) is 0. The van der Waals surface area contributed by atoms with Crippen LogP contribution in [0.1, 0.15) is 84.9 Å². The number of hydrogen-bond acceptors (Lipinski definition) is 6. The lowest BCUT2D eigenvalue weighted by molar-refractivity contribution is -0.124. The molecular formula is C25H42N4O2. The Morgan fingerprint density at radius 3 is 2.29 bits per heavy atom. The van der Waals surface area contributed by atoms with Crippen LogP contribution in [0.3, 0.4) is 0 Å². The van der Waals surface area contributed by atoms with E-state index >= 15 is 0 Å². The molecule has 1 unspecified atom stereocenters. The van der Waals surface area contributed by atoms with Gasteiger partial charge in [-0.3, -0.25) is 9.69 Å². The quantitative estimate of drug-likeness (QED) is 0.760. The van der Waals surface area contributed by atoms with Gasteiger partial charge in [0.05, 0.1) is 30.7 Å². The van der Waals surface area contributed by atoms with Gasteiger partial charge in [-0.05, 0) is 50.9 Å². The Morgan fingerprint density at radius 1 is 1.16 bits per heavy atom. The van der Waals surface area contributed by atoms with E-state index in [2.05, 4.69) is 33.6 Å². The Balaban J connectivity index is 0.00000132. The molecule has 2 aliphatic carbocycles. The first-order chi connectivity index (χ1) is 14.9. The van der Waals surface area contributed by atoms with Crippen molar-refractivity contribution in [2.45, 2.75) is 91.1 Å². The first kappa shape index (κ1) is 24.1. The highest BCUT2D eigenvalue weighted by atomic mass is 16.3. The van der Waals surface area contributed by atoms with Gasteiger partial charge in [-0.15, -0.1) is 0 Å². The van der Waals surface area contributed by atoms with E-state index < -0.39 is 0 Å². The summed E-state index contributed by atoms with van der Waals surface area (Å²) in [5.41, 5.74) is 1.52. The number of ketones is 1. The third-order valence-electron chi connectivity index (χ3n) is 7.71. The monoisotopic (exact) mass is 430 g/mol. The minimum Gasteiger partial charge on any atom is -0.395 e. The topological polar surface area (TPSA) is 69.6 Å². The van der Waals surface area contributed by atoms with Crippen molar-refractivity contribution in [1.82, 2.24) is 14.9 Å². The molecule has 31 heavy (non-hydrogen) atoms. The van der Waals surface area contributed by atoms with Crippen LogP contribution in [-0.2, 0) is 4.79 Å². The summed E-state index contributed by atoms with van der Waals surface area (Å²) in [5, 5.41) is 10.1. The van der Waals surface area contributed by atoms with Crippen LogP contribution in [0.2, 0.25) is 0 Å². The second-order valence-corrected chi connectivity index (χ2v) is 9.92. The van der Waals surface area contributed by atoms with Gasteiger partial charge in [0, 0.05) is 37.5 Å². The maximum absolute atomic E-state index is 11.7. The fourth-order valence-corrected chi connectivity index (χ4v) is 5.76. The number of nitrogens with zero attached hydrogens (tertiary/aromatic N) is 4. The molecule has 1 atom stereocenters. The Morgan fingerprint density at radius 2 is 1.77 bits per heavy atom. The fraction of sp³-hybridized carbons (Fsp3) is 0.800. The SMILES string of the molecule is CC.CC(=O)C1CCC2(CC1)CC(N1CCN(c3cnc(C(C)C)nc3)CC1CO)C2. The summed E-state index contributed by atoms with van der Waals surface area (Å²) in [4.78, 5) is 25.5. The highest BCUT2D eigenvalue weighted by Gasteiger charge is 2.50. The summed E-state index contributed by atoms with van der Waals surface area (Å²) < 4.78 is 0. The average Bonchev–Trinajstić information content (AvgIpc) is 2.78. The number of anilines is 1. The first-order valence-corrected chi connectivity index (χ1v) is 12.3. The van der Waals surface area contributed by atoms with Crippen molar-refractivity contribution in [1.29, 1.82) is 0 Å². The number of Topliss-reactive ketones (excluding diaryl/α,β-unsaturated/α-hetero) is 1. The van der Waals surface area contributed by atoms with E-state index in [4.69, 9.17) is 0 Å². The zero-order chi connectivity index (χ0) is 22.6. The lowest BCUT2D eigenvalue weighted by Crippen LogP contribution is -2.63. The van der Waals surface area contributed by atoms with Crippen molar-refractivity contribution in [2.24, 2.45) is 11.3 Å². The molecule has 3 fully saturated rings. The van der Waals surface area contributed by atoms with Gasteiger partial charge >= 0.3 is 0 Å². The van der Waals surface area contributed by atoms with Gasteiger partial charge in [0.2, 0.25) is 0 Å². The van der Waals surface area contributed by atoms with E-state index in [0.717, 1.165) is 44.0 Å². The Kier molecular flexibility index (Phi) is 8.08. The van der Waals surface area contributed by atoms with Gasteiger partial charge in [0.15, 0.2) is 0 Å². The van der Waals surface area contributed by atoms with Crippen molar-refractivity contribution < 1.29 is 9.90 Å². The molecule has 1 aromatic rings. The van der Waals surface area contributed by atoms with Crippen molar-refractivity contribution >= 4 is 11.5 Å². The summed E-state index contributed by atoms with van der Waals surface area (Å²) in [6.45, 7) is 12.9. The number of carbonyl (C=O) groups excluding carboxylic acids is 1. The van der Waals surface area contributed by atoms with Gasteiger partial charge in [0.1, 0.15) is 11.6 Å². The molecule has 1 spiro atoms. The summed E-state index contributed by atoms with van der Waals surface area (Å²) in [5.74, 6) is 1.89. The van der Waals surface area contributed by atoms with Crippen LogP contribution in [0.4, 0.5) is 5.69 Å². The van der Waals surface area contributed by atoms with Gasteiger partial charge in [-0.2, -0.15) is 0 Å². The van der Waals surface area contributed by atoms with E-state index in [0.29, 0.717) is 29.1 Å². The van der Waals surface area contributed by atoms with E-state index in [-0.39, 0.29) is 12.6 Å². The highest BCUT2D eigenvalue weighted by Crippen LogP contribution is 2.54. The highest BCUT2D eigenvalue weighted by molar-refractivity contribution is 5.78. The largest absolute Gasteiger partial charge is 0.395 e. The molecule has 1 aliphatic heterocycles. The Hall–Kier alpha value is -1.53.